The zero-order valence-electron chi connectivity index (χ0n) is 12.2. The van der Waals surface area contributed by atoms with E-state index in [-0.39, 0.29) is 5.60 Å². The Labute approximate surface area is 108 Å². The molecule has 0 aromatic heterocycles. The molecular formula is C15H31NO. The molecule has 1 fully saturated rings. The summed E-state index contributed by atoms with van der Waals surface area (Å²) in [4.78, 5) is 0. The molecular weight excluding hydrogens is 210 g/mol. The van der Waals surface area contributed by atoms with Crippen molar-refractivity contribution in [3.05, 3.63) is 0 Å². The standard InChI is InChI=1S/C15H31NO/c1-5-6-11-17-15(12-16-4)9-7-14(8-10-15)13(2)3/h13-14,16H,5-12H2,1-4H3. The van der Waals surface area contributed by atoms with Crippen molar-refractivity contribution in [3.8, 4) is 0 Å². The second-order valence-electron chi connectivity index (χ2n) is 6.00. The SMILES string of the molecule is CCCCOC1(CNC)CCC(C(C)C)CC1. The first-order chi connectivity index (χ1) is 8.13. The minimum Gasteiger partial charge on any atom is -0.374 e. The Bertz CT molecular complexity index is 195. The van der Waals surface area contributed by atoms with Gasteiger partial charge >= 0.3 is 0 Å². The molecule has 0 aliphatic heterocycles. The predicted octanol–water partition coefficient (Wildman–Crippen LogP) is 3.61. The van der Waals surface area contributed by atoms with E-state index in [1.54, 1.807) is 0 Å². The summed E-state index contributed by atoms with van der Waals surface area (Å²) in [7, 11) is 2.04. The largest absolute Gasteiger partial charge is 0.374 e. The highest BCUT2D eigenvalue weighted by atomic mass is 16.5. The van der Waals surface area contributed by atoms with Gasteiger partial charge in [-0.1, -0.05) is 27.2 Å². The minimum absolute atomic E-state index is 0.134. The third-order valence-electron chi connectivity index (χ3n) is 4.29. The van der Waals surface area contributed by atoms with Crippen molar-refractivity contribution in [1.82, 2.24) is 5.32 Å². The fraction of sp³-hybridized carbons (Fsp3) is 1.00. The first kappa shape index (κ1) is 15.0. The Hall–Kier alpha value is -0.0800. The van der Waals surface area contributed by atoms with Crippen LogP contribution in [-0.4, -0.2) is 25.8 Å². The van der Waals surface area contributed by atoms with E-state index >= 15 is 0 Å². The summed E-state index contributed by atoms with van der Waals surface area (Å²) in [6.07, 6.45) is 7.57. The molecule has 0 bridgehead atoms. The molecule has 1 aliphatic rings. The lowest BCUT2D eigenvalue weighted by molar-refractivity contribution is -0.0793. The van der Waals surface area contributed by atoms with Crippen molar-refractivity contribution < 1.29 is 4.74 Å². The maximum atomic E-state index is 6.22. The Kier molecular flexibility index (Phi) is 6.50. The molecule has 0 aromatic rings. The van der Waals surface area contributed by atoms with Crippen LogP contribution in [0.4, 0.5) is 0 Å². The van der Waals surface area contributed by atoms with Gasteiger partial charge in [0.05, 0.1) is 5.60 Å². The monoisotopic (exact) mass is 241 g/mol. The molecule has 0 spiro atoms. The van der Waals surface area contributed by atoms with Crippen LogP contribution in [0.15, 0.2) is 0 Å². The first-order valence-electron chi connectivity index (χ1n) is 7.42. The van der Waals surface area contributed by atoms with Crippen LogP contribution in [0.1, 0.15) is 59.3 Å². The highest BCUT2D eigenvalue weighted by Crippen LogP contribution is 2.37. The summed E-state index contributed by atoms with van der Waals surface area (Å²) in [5.41, 5.74) is 0.134. The van der Waals surface area contributed by atoms with Gasteiger partial charge in [-0.05, 0) is 51.0 Å². The van der Waals surface area contributed by atoms with Crippen molar-refractivity contribution in [2.45, 2.75) is 64.9 Å². The van der Waals surface area contributed by atoms with Crippen LogP contribution in [0.5, 0.6) is 0 Å². The van der Waals surface area contributed by atoms with E-state index in [0.29, 0.717) is 0 Å². The van der Waals surface area contributed by atoms with Crippen molar-refractivity contribution >= 4 is 0 Å². The maximum absolute atomic E-state index is 6.22. The molecule has 1 saturated carbocycles. The molecule has 0 unspecified atom stereocenters. The average Bonchev–Trinajstić information content (AvgIpc) is 2.30. The van der Waals surface area contributed by atoms with Gasteiger partial charge in [-0.3, -0.25) is 0 Å². The molecule has 1 aliphatic carbocycles. The molecule has 0 heterocycles. The van der Waals surface area contributed by atoms with E-state index in [2.05, 4.69) is 26.1 Å². The summed E-state index contributed by atoms with van der Waals surface area (Å²) in [6.45, 7) is 8.89. The topological polar surface area (TPSA) is 21.3 Å². The van der Waals surface area contributed by atoms with E-state index < -0.39 is 0 Å². The van der Waals surface area contributed by atoms with Crippen LogP contribution >= 0.6 is 0 Å². The van der Waals surface area contributed by atoms with Gasteiger partial charge < -0.3 is 10.1 Å². The van der Waals surface area contributed by atoms with Gasteiger partial charge in [-0.15, -0.1) is 0 Å². The zero-order chi connectivity index (χ0) is 12.7. The summed E-state index contributed by atoms with van der Waals surface area (Å²) in [5, 5.41) is 3.32. The number of hydrogen-bond donors (Lipinski definition) is 1. The highest BCUT2D eigenvalue weighted by molar-refractivity contribution is 4.89. The Balaban J connectivity index is 2.44. The van der Waals surface area contributed by atoms with Gasteiger partial charge in [0.1, 0.15) is 0 Å². The quantitative estimate of drug-likeness (QED) is 0.688. The minimum atomic E-state index is 0.134. The van der Waals surface area contributed by atoms with Crippen molar-refractivity contribution in [2.24, 2.45) is 11.8 Å². The maximum Gasteiger partial charge on any atom is 0.0806 e. The lowest BCUT2D eigenvalue weighted by atomic mass is 9.74. The molecule has 0 atom stereocenters. The normalized spacial score (nSPS) is 29.8. The molecule has 0 amide bonds. The molecule has 0 saturated heterocycles. The van der Waals surface area contributed by atoms with E-state index in [0.717, 1.165) is 25.0 Å². The Morgan fingerprint density at radius 3 is 2.41 bits per heavy atom. The fourth-order valence-electron chi connectivity index (χ4n) is 2.96. The van der Waals surface area contributed by atoms with Crippen molar-refractivity contribution in [2.75, 3.05) is 20.2 Å². The smallest absolute Gasteiger partial charge is 0.0806 e. The second-order valence-corrected chi connectivity index (χ2v) is 6.00. The molecule has 1 rings (SSSR count). The molecule has 2 heteroatoms. The van der Waals surface area contributed by atoms with Gasteiger partial charge in [0.15, 0.2) is 0 Å². The number of likely N-dealkylation sites (N-methyl/N-ethyl adjacent to an activating group) is 1. The van der Waals surface area contributed by atoms with Crippen molar-refractivity contribution in [1.29, 1.82) is 0 Å². The number of hydrogen-bond acceptors (Lipinski definition) is 2. The summed E-state index contributed by atoms with van der Waals surface area (Å²) < 4.78 is 6.22. The van der Waals surface area contributed by atoms with E-state index in [1.807, 2.05) is 7.05 Å². The lowest BCUT2D eigenvalue weighted by Gasteiger charge is -2.41. The third-order valence-corrected chi connectivity index (χ3v) is 4.29. The fourth-order valence-corrected chi connectivity index (χ4v) is 2.96. The predicted molar refractivity (Wildman–Crippen MR) is 74.3 cm³/mol. The molecule has 2 nitrogen and oxygen atoms in total. The summed E-state index contributed by atoms with van der Waals surface area (Å²) in [6, 6.07) is 0. The zero-order valence-corrected chi connectivity index (χ0v) is 12.2. The Morgan fingerprint density at radius 2 is 1.94 bits per heavy atom. The highest BCUT2D eigenvalue weighted by Gasteiger charge is 2.36. The number of unbranched alkanes of at least 4 members (excludes halogenated alkanes) is 1. The van der Waals surface area contributed by atoms with Crippen LogP contribution in [0.25, 0.3) is 0 Å². The molecule has 0 radical (unpaired) electrons. The van der Waals surface area contributed by atoms with Gasteiger partial charge in [-0.2, -0.15) is 0 Å². The van der Waals surface area contributed by atoms with Crippen LogP contribution in [0.2, 0.25) is 0 Å². The van der Waals surface area contributed by atoms with E-state index in [1.165, 1.54) is 38.5 Å². The third kappa shape index (κ3) is 4.59. The van der Waals surface area contributed by atoms with Crippen molar-refractivity contribution in [3.63, 3.8) is 0 Å². The second kappa shape index (κ2) is 7.38. The summed E-state index contributed by atoms with van der Waals surface area (Å²) >= 11 is 0. The van der Waals surface area contributed by atoms with Crippen LogP contribution in [-0.2, 0) is 4.74 Å². The van der Waals surface area contributed by atoms with Gasteiger partial charge in [0.25, 0.3) is 0 Å². The van der Waals surface area contributed by atoms with Gasteiger partial charge in [-0.25, -0.2) is 0 Å². The molecule has 1 N–H and O–H groups in total. The number of nitrogens with one attached hydrogen (secondary N) is 1. The van der Waals surface area contributed by atoms with Crippen LogP contribution < -0.4 is 5.32 Å². The Morgan fingerprint density at radius 1 is 1.29 bits per heavy atom. The number of rotatable bonds is 7. The van der Waals surface area contributed by atoms with Gasteiger partial charge in [0.2, 0.25) is 0 Å². The van der Waals surface area contributed by atoms with Gasteiger partial charge in [0, 0.05) is 13.2 Å². The molecule has 102 valence electrons. The average molecular weight is 241 g/mol. The molecule has 17 heavy (non-hydrogen) atoms. The van der Waals surface area contributed by atoms with E-state index in [9.17, 15) is 0 Å². The number of ether oxygens (including phenoxy) is 1. The first-order valence-corrected chi connectivity index (χ1v) is 7.42. The van der Waals surface area contributed by atoms with E-state index in [4.69, 9.17) is 4.74 Å². The van der Waals surface area contributed by atoms with Crippen LogP contribution in [0.3, 0.4) is 0 Å². The lowest BCUT2D eigenvalue weighted by Crippen LogP contribution is -2.45. The molecule has 0 aromatic carbocycles. The van der Waals surface area contributed by atoms with Crippen LogP contribution in [0, 0.1) is 11.8 Å². The summed E-state index contributed by atoms with van der Waals surface area (Å²) in [5.74, 6) is 1.74.